The number of sulfonamides is 1. The first-order valence-electron chi connectivity index (χ1n) is 7.22. The molecule has 0 saturated carbocycles. The molecule has 6 heteroatoms. The van der Waals surface area contributed by atoms with Crippen LogP contribution in [0.1, 0.15) is 32.8 Å². The summed E-state index contributed by atoms with van der Waals surface area (Å²) in [7, 11) is -1.95. The van der Waals surface area contributed by atoms with Gasteiger partial charge in [0.25, 0.3) is 0 Å². The molecule has 21 heavy (non-hydrogen) atoms. The summed E-state index contributed by atoms with van der Waals surface area (Å²) in [6, 6.07) is 7.15. The highest BCUT2D eigenvalue weighted by Gasteiger charge is 2.19. The smallest absolute Gasteiger partial charge is 0.240 e. The Balaban J connectivity index is 2.85. The second kappa shape index (κ2) is 8.48. The standard InChI is InChI=1S/C15H26N2O3S/c1-5-14(11-20-4)17-21(18,19)15-8-6-7-13(9-15)10-16-12(2)3/h6-9,12,14,16-17H,5,10-11H2,1-4H3. The van der Waals surface area contributed by atoms with Crippen LogP contribution in [0.4, 0.5) is 0 Å². The molecular formula is C15H26N2O3S. The lowest BCUT2D eigenvalue weighted by Crippen LogP contribution is -2.37. The van der Waals surface area contributed by atoms with Crippen LogP contribution in [0.15, 0.2) is 29.2 Å². The van der Waals surface area contributed by atoms with Crippen molar-refractivity contribution in [2.45, 2.75) is 50.7 Å². The van der Waals surface area contributed by atoms with E-state index >= 15 is 0 Å². The quantitative estimate of drug-likeness (QED) is 0.730. The molecule has 2 N–H and O–H groups in total. The van der Waals surface area contributed by atoms with Crippen molar-refractivity contribution < 1.29 is 13.2 Å². The molecule has 0 radical (unpaired) electrons. The average Bonchev–Trinajstić information content (AvgIpc) is 2.44. The number of nitrogens with one attached hydrogen (secondary N) is 2. The minimum absolute atomic E-state index is 0.211. The van der Waals surface area contributed by atoms with Gasteiger partial charge >= 0.3 is 0 Å². The summed E-state index contributed by atoms with van der Waals surface area (Å²) in [6.07, 6.45) is 0.682. The van der Waals surface area contributed by atoms with E-state index in [9.17, 15) is 8.42 Å². The van der Waals surface area contributed by atoms with Crippen molar-refractivity contribution in [3.05, 3.63) is 29.8 Å². The van der Waals surface area contributed by atoms with E-state index in [0.29, 0.717) is 30.5 Å². The molecule has 0 heterocycles. The molecule has 0 amide bonds. The van der Waals surface area contributed by atoms with Gasteiger partial charge in [-0.25, -0.2) is 13.1 Å². The SMILES string of the molecule is CCC(COC)NS(=O)(=O)c1cccc(CNC(C)C)c1. The largest absolute Gasteiger partial charge is 0.383 e. The highest BCUT2D eigenvalue weighted by Crippen LogP contribution is 2.13. The van der Waals surface area contributed by atoms with E-state index in [1.165, 1.54) is 0 Å². The molecular weight excluding hydrogens is 288 g/mol. The zero-order chi connectivity index (χ0) is 15.9. The molecule has 0 saturated heterocycles. The van der Waals surface area contributed by atoms with E-state index in [1.54, 1.807) is 25.3 Å². The first-order valence-corrected chi connectivity index (χ1v) is 8.71. The molecule has 0 aliphatic rings. The fourth-order valence-electron chi connectivity index (χ4n) is 1.87. The maximum atomic E-state index is 12.4. The minimum Gasteiger partial charge on any atom is -0.383 e. The number of rotatable bonds is 9. The maximum Gasteiger partial charge on any atom is 0.240 e. The third kappa shape index (κ3) is 6.13. The number of ether oxygens (including phenoxy) is 1. The lowest BCUT2D eigenvalue weighted by molar-refractivity contribution is 0.173. The third-order valence-corrected chi connectivity index (χ3v) is 4.62. The van der Waals surface area contributed by atoms with Crippen molar-refractivity contribution in [1.29, 1.82) is 0 Å². The predicted octanol–water partition coefficient (Wildman–Crippen LogP) is 1.89. The van der Waals surface area contributed by atoms with Crippen molar-refractivity contribution in [3.8, 4) is 0 Å². The van der Waals surface area contributed by atoms with Crippen LogP contribution in [0.2, 0.25) is 0 Å². The topological polar surface area (TPSA) is 67.4 Å². The Bertz CT molecular complexity index is 529. The zero-order valence-electron chi connectivity index (χ0n) is 13.2. The highest BCUT2D eigenvalue weighted by molar-refractivity contribution is 7.89. The number of benzene rings is 1. The summed E-state index contributed by atoms with van der Waals surface area (Å²) in [4.78, 5) is 0.292. The fraction of sp³-hybridized carbons (Fsp3) is 0.600. The average molecular weight is 314 g/mol. The minimum atomic E-state index is -3.51. The fourth-order valence-corrected chi connectivity index (χ4v) is 3.24. The Morgan fingerprint density at radius 3 is 2.57 bits per heavy atom. The molecule has 1 rings (SSSR count). The van der Waals surface area contributed by atoms with Gasteiger partial charge in [-0.05, 0) is 24.1 Å². The Morgan fingerprint density at radius 2 is 2.00 bits per heavy atom. The van der Waals surface area contributed by atoms with Gasteiger partial charge in [-0.15, -0.1) is 0 Å². The molecule has 1 unspecified atom stereocenters. The van der Waals surface area contributed by atoms with Crippen molar-refractivity contribution in [1.82, 2.24) is 10.0 Å². The number of hydrogen-bond acceptors (Lipinski definition) is 4. The summed E-state index contributed by atoms with van der Waals surface area (Å²) in [6.45, 7) is 7.05. The van der Waals surface area contributed by atoms with Crippen LogP contribution in [-0.4, -0.2) is 34.2 Å². The normalized spacial score (nSPS) is 13.6. The van der Waals surface area contributed by atoms with E-state index in [2.05, 4.69) is 23.9 Å². The molecule has 120 valence electrons. The van der Waals surface area contributed by atoms with Gasteiger partial charge in [0.15, 0.2) is 0 Å². The van der Waals surface area contributed by atoms with Crippen molar-refractivity contribution in [2.75, 3.05) is 13.7 Å². The van der Waals surface area contributed by atoms with Crippen LogP contribution >= 0.6 is 0 Å². The van der Waals surface area contributed by atoms with Crippen LogP contribution in [0.25, 0.3) is 0 Å². The van der Waals surface area contributed by atoms with Crippen LogP contribution in [0, 0.1) is 0 Å². The second-order valence-electron chi connectivity index (χ2n) is 5.36. The van der Waals surface area contributed by atoms with E-state index in [4.69, 9.17) is 4.74 Å². The summed E-state index contributed by atoms with van der Waals surface area (Å²) in [5, 5.41) is 3.28. The molecule has 0 spiro atoms. The summed E-state index contributed by atoms with van der Waals surface area (Å²) in [5.41, 5.74) is 0.950. The highest BCUT2D eigenvalue weighted by atomic mass is 32.2. The van der Waals surface area contributed by atoms with Gasteiger partial charge in [-0.1, -0.05) is 32.9 Å². The Morgan fingerprint density at radius 1 is 1.29 bits per heavy atom. The summed E-state index contributed by atoms with van der Waals surface area (Å²) < 4.78 is 32.5. The number of hydrogen-bond donors (Lipinski definition) is 2. The second-order valence-corrected chi connectivity index (χ2v) is 7.08. The summed E-state index contributed by atoms with van der Waals surface area (Å²) in [5.74, 6) is 0. The Hall–Kier alpha value is -0.950. The van der Waals surface area contributed by atoms with E-state index < -0.39 is 10.0 Å². The van der Waals surface area contributed by atoms with Gasteiger partial charge in [-0.3, -0.25) is 0 Å². The molecule has 1 aromatic carbocycles. The Kier molecular flexibility index (Phi) is 7.31. The van der Waals surface area contributed by atoms with E-state index in [1.807, 2.05) is 13.0 Å². The van der Waals surface area contributed by atoms with Gasteiger partial charge in [0, 0.05) is 25.7 Å². The van der Waals surface area contributed by atoms with Crippen LogP contribution in [-0.2, 0) is 21.3 Å². The third-order valence-electron chi connectivity index (χ3n) is 3.11. The first kappa shape index (κ1) is 18.1. The molecule has 1 aromatic rings. The predicted molar refractivity (Wildman–Crippen MR) is 84.7 cm³/mol. The molecule has 5 nitrogen and oxygen atoms in total. The molecule has 0 bridgehead atoms. The van der Waals surface area contributed by atoms with Crippen molar-refractivity contribution >= 4 is 10.0 Å². The summed E-state index contributed by atoms with van der Waals surface area (Å²) >= 11 is 0. The van der Waals surface area contributed by atoms with Gasteiger partial charge < -0.3 is 10.1 Å². The van der Waals surface area contributed by atoms with Crippen LogP contribution < -0.4 is 10.0 Å². The molecule has 0 aliphatic carbocycles. The van der Waals surface area contributed by atoms with Gasteiger partial charge in [0.2, 0.25) is 10.0 Å². The molecule has 0 fully saturated rings. The van der Waals surface area contributed by atoms with E-state index in [0.717, 1.165) is 5.56 Å². The van der Waals surface area contributed by atoms with Gasteiger partial charge in [0.1, 0.15) is 0 Å². The lowest BCUT2D eigenvalue weighted by Gasteiger charge is -2.16. The van der Waals surface area contributed by atoms with Crippen molar-refractivity contribution in [2.24, 2.45) is 0 Å². The maximum absolute atomic E-state index is 12.4. The molecule has 0 aliphatic heterocycles. The molecule has 0 aromatic heterocycles. The number of methoxy groups -OCH3 is 1. The van der Waals surface area contributed by atoms with Crippen LogP contribution in [0.3, 0.4) is 0 Å². The monoisotopic (exact) mass is 314 g/mol. The van der Waals surface area contributed by atoms with E-state index in [-0.39, 0.29) is 6.04 Å². The van der Waals surface area contributed by atoms with Crippen molar-refractivity contribution in [3.63, 3.8) is 0 Å². The first-order chi connectivity index (χ1) is 9.89. The van der Waals surface area contributed by atoms with Gasteiger partial charge in [0.05, 0.1) is 11.5 Å². The van der Waals surface area contributed by atoms with Gasteiger partial charge in [-0.2, -0.15) is 0 Å². The Labute approximate surface area is 128 Å². The lowest BCUT2D eigenvalue weighted by atomic mass is 10.2. The van der Waals surface area contributed by atoms with Crippen LogP contribution in [0.5, 0.6) is 0 Å². The zero-order valence-corrected chi connectivity index (χ0v) is 14.0. The molecule has 1 atom stereocenters.